The zero-order chi connectivity index (χ0) is 25.6. The van der Waals surface area contributed by atoms with Gasteiger partial charge in [-0.15, -0.1) is 0 Å². The van der Waals surface area contributed by atoms with Crippen LogP contribution in [0.15, 0.2) is 133 Å². The number of nitrogens with zero attached hydrogens (tertiary/aromatic N) is 2. The quantitative estimate of drug-likeness (QED) is 0.182. The fourth-order valence-electron chi connectivity index (χ4n) is 5.69. The van der Waals surface area contributed by atoms with Gasteiger partial charge in [-0.25, -0.2) is 0 Å². The zero-order valence-corrected chi connectivity index (χ0v) is 20.4. The van der Waals surface area contributed by atoms with E-state index in [0.717, 1.165) is 60.7 Å². The molecule has 0 unspecified atom stereocenters. The molecule has 0 bridgehead atoms. The molecule has 0 radical (unpaired) electrons. The summed E-state index contributed by atoms with van der Waals surface area (Å²) in [4.78, 5) is 11.6. The van der Waals surface area contributed by atoms with Gasteiger partial charge in [-0.05, 0) is 28.1 Å². The number of rotatable bonds is 4. The summed E-state index contributed by atoms with van der Waals surface area (Å²) in [6, 6.07) is 44.7. The molecule has 2 heterocycles. The van der Waals surface area contributed by atoms with Gasteiger partial charge in [-0.1, -0.05) is 115 Å². The van der Waals surface area contributed by atoms with Crippen molar-refractivity contribution in [3.63, 3.8) is 0 Å². The van der Waals surface area contributed by atoms with Crippen molar-refractivity contribution in [1.82, 2.24) is 4.40 Å². The SMILES string of the molecule is O=[N+]([O-])c1ccc2c(-c3ccccc3)c3c4ccccc4c(-c4ccccc4)c(-c4ccccc4)n3c2c1. The molecule has 0 amide bonds. The first-order valence-corrected chi connectivity index (χ1v) is 12.6. The molecule has 2 aromatic heterocycles. The number of fused-ring (bicyclic) bond motifs is 5. The summed E-state index contributed by atoms with van der Waals surface area (Å²) in [6.07, 6.45) is 0. The molecule has 38 heavy (non-hydrogen) atoms. The van der Waals surface area contributed by atoms with Crippen molar-refractivity contribution in [3.05, 3.63) is 144 Å². The zero-order valence-electron chi connectivity index (χ0n) is 20.4. The lowest BCUT2D eigenvalue weighted by Gasteiger charge is -2.19. The Balaban J connectivity index is 1.82. The van der Waals surface area contributed by atoms with Crippen molar-refractivity contribution in [2.45, 2.75) is 0 Å². The van der Waals surface area contributed by atoms with E-state index in [1.54, 1.807) is 12.1 Å². The minimum Gasteiger partial charge on any atom is -0.307 e. The van der Waals surface area contributed by atoms with Gasteiger partial charge in [0.1, 0.15) is 0 Å². The Labute approximate surface area is 219 Å². The van der Waals surface area contributed by atoms with Gasteiger partial charge in [0.05, 0.1) is 21.7 Å². The molecule has 7 aromatic rings. The van der Waals surface area contributed by atoms with Crippen molar-refractivity contribution in [3.8, 4) is 33.5 Å². The van der Waals surface area contributed by atoms with Crippen LogP contribution in [0.1, 0.15) is 0 Å². The molecule has 5 aromatic carbocycles. The third-order valence-electron chi connectivity index (χ3n) is 7.25. The van der Waals surface area contributed by atoms with Gasteiger partial charge in [-0.2, -0.15) is 0 Å². The minimum absolute atomic E-state index is 0.0740. The Morgan fingerprint density at radius 2 is 1.05 bits per heavy atom. The number of aromatic nitrogens is 1. The molecule has 0 aliphatic heterocycles. The van der Waals surface area contributed by atoms with Crippen LogP contribution in [0, 0.1) is 10.1 Å². The number of nitro benzene ring substituents is 1. The van der Waals surface area contributed by atoms with E-state index >= 15 is 0 Å². The molecule has 0 saturated carbocycles. The second kappa shape index (κ2) is 8.71. The highest BCUT2D eigenvalue weighted by Gasteiger charge is 2.25. The number of benzene rings is 5. The Morgan fingerprint density at radius 1 is 0.526 bits per heavy atom. The molecule has 0 spiro atoms. The fraction of sp³-hybridized carbons (Fsp3) is 0. The lowest BCUT2D eigenvalue weighted by molar-refractivity contribution is -0.384. The van der Waals surface area contributed by atoms with Gasteiger partial charge in [-0.3, -0.25) is 10.1 Å². The van der Waals surface area contributed by atoms with Crippen molar-refractivity contribution < 1.29 is 4.92 Å². The Hall–Kier alpha value is -5.22. The lowest BCUT2D eigenvalue weighted by Crippen LogP contribution is -1.99. The summed E-state index contributed by atoms with van der Waals surface area (Å²) < 4.78 is 2.24. The maximum atomic E-state index is 11.9. The molecule has 180 valence electrons. The van der Waals surface area contributed by atoms with E-state index in [1.807, 2.05) is 48.5 Å². The summed E-state index contributed by atoms with van der Waals surface area (Å²) in [5.74, 6) is 0. The average molecular weight is 491 g/mol. The number of hydrogen-bond donors (Lipinski definition) is 0. The minimum atomic E-state index is -0.317. The summed E-state index contributed by atoms with van der Waals surface area (Å²) in [6.45, 7) is 0. The molecule has 4 nitrogen and oxygen atoms in total. The first-order chi connectivity index (χ1) is 18.7. The number of nitro groups is 1. The maximum absolute atomic E-state index is 11.9. The predicted molar refractivity (Wildman–Crippen MR) is 155 cm³/mol. The number of hydrogen-bond acceptors (Lipinski definition) is 2. The topological polar surface area (TPSA) is 47.5 Å². The highest BCUT2D eigenvalue weighted by molar-refractivity contribution is 6.20. The van der Waals surface area contributed by atoms with Crippen LogP contribution in [0.2, 0.25) is 0 Å². The van der Waals surface area contributed by atoms with Crippen LogP contribution in [0.5, 0.6) is 0 Å². The summed E-state index contributed by atoms with van der Waals surface area (Å²) >= 11 is 0. The average Bonchev–Trinajstić information content (AvgIpc) is 3.32. The Bertz CT molecular complexity index is 1980. The Morgan fingerprint density at radius 3 is 1.66 bits per heavy atom. The van der Waals surface area contributed by atoms with Gasteiger partial charge in [0, 0.05) is 34.0 Å². The van der Waals surface area contributed by atoms with E-state index in [0.29, 0.717) is 0 Å². The van der Waals surface area contributed by atoms with E-state index in [1.165, 1.54) is 0 Å². The molecular weight excluding hydrogens is 468 g/mol. The molecule has 0 N–H and O–H groups in total. The molecule has 0 atom stereocenters. The van der Waals surface area contributed by atoms with Crippen LogP contribution in [0.3, 0.4) is 0 Å². The van der Waals surface area contributed by atoms with E-state index in [-0.39, 0.29) is 10.6 Å². The second-order valence-corrected chi connectivity index (χ2v) is 9.38. The summed E-state index contributed by atoms with van der Waals surface area (Å²) in [7, 11) is 0. The van der Waals surface area contributed by atoms with Crippen LogP contribution in [0.25, 0.3) is 60.7 Å². The smallest absolute Gasteiger partial charge is 0.271 e. The van der Waals surface area contributed by atoms with E-state index in [9.17, 15) is 10.1 Å². The highest BCUT2D eigenvalue weighted by Crippen LogP contribution is 2.47. The molecular formula is C34H22N2O2. The maximum Gasteiger partial charge on any atom is 0.271 e. The van der Waals surface area contributed by atoms with Gasteiger partial charge in [0.15, 0.2) is 0 Å². The van der Waals surface area contributed by atoms with Gasteiger partial charge in [0.25, 0.3) is 5.69 Å². The molecule has 4 heteroatoms. The van der Waals surface area contributed by atoms with Gasteiger partial charge < -0.3 is 4.40 Å². The molecule has 0 saturated heterocycles. The van der Waals surface area contributed by atoms with E-state index in [2.05, 4.69) is 77.2 Å². The van der Waals surface area contributed by atoms with Gasteiger partial charge >= 0.3 is 0 Å². The molecule has 0 aliphatic rings. The molecule has 7 rings (SSSR count). The second-order valence-electron chi connectivity index (χ2n) is 9.38. The van der Waals surface area contributed by atoms with Crippen molar-refractivity contribution in [2.75, 3.05) is 0 Å². The lowest BCUT2D eigenvalue weighted by atomic mass is 9.92. The van der Waals surface area contributed by atoms with Crippen LogP contribution in [0.4, 0.5) is 5.69 Å². The van der Waals surface area contributed by atoms with Crippen LogP contribution < -0.4 is 0 Å². The van der Waals surface area contributed by atoms with E-state index in [4.69, 9.17) is 0 Å². The van der Waals surface area contributed by atoms with Crippen LogP contribution >= 0.6 is 0 Å². The molecule has 0 fully saturated rings. The van der Waals surface area contributed by atoms with Crippen molar-refractivity contribution >= 4 is 32.9 Å². The summed E-state index contributed by atoms with van der Waals surface area (Å²) in [5.41, 5.74) is 8.33. The largest absolute Gasteiger partial charge is 0.307 e. The van der Waals surface area contributed by atoms with E-state index < -0.39 is 0 Å². The predicted octanol–water partition coefficient (Wildman–Crippen LogP) is 9.15. The highest BCUT2D eigenvalue weighted by atomic mass is 16.6. The fourth-order valence-corrected chi connectivity index (χ4v) is 5.69. The molecule has 0 aliphatic carbocycles. The van der Waals surface area contributed by atoms with Crippen LogP contribution in [-0.2, 0) is 0 Å². The standard InChI is InChI=1S/C34H22N2O2/c37-36(38)26-20-21-29-30(22-26)35-33(25-16-8-3-9-17-25)31(23-12-4-1-5-13-23)27-18-10-11-19-28(27)34(35)32(29)24-14-6-2-7-15-24/h1-22H. The monoisotopic (exact) mass is 490 g/mol. The Kier molecular flexibility index (Phi) is 5.05. The third-order valence-corrected chi connectivity index (χ3v) is 7.25. The van der Waals surface area contributed by atoms with Crippen LogP contribution in [-0.4, -0.2) is 9.32 Å². The van der Waals surface area contributed by atoms with Crippen molar-refractivity contribution in [2.24, 2.45) is 0 Å². The van der Waals surface area contributed by atoms with Crippen molar-refractivity contribution in [1.29, 1.82) is 0 Å². The summed E-state index contributed by atoms with van der Waals surface area (Å²) in [5, 5.41) is 15.1. The van der Waals surface area contributed by atoms with Gasteiger partial charge in [0.2, 0.25) is 0 Å². The first kappa shape index (κ1) is 22.0. The number of pyridine rings is 1. The normalized spacial score (nSPS) is 11.4. The number of non-ortho nitro benzene ring substituents is 1. The first-order valence-electron chi connectivity index (χ1n) is 12.6. The third kappa shape index (κ3) is 3.31.